The minimum absolute atomic E-state index is 0.0611. The number of anilines is 1. The molecule has 2 aromatic rings. The molecule has 0 aliphatic carbocycles. The standard InChI is InChI=1S/C19H22ClNO3S/c1-14-11-17(18(23-2)12-16(14)20)21-19(22)13-25-10-6-9-24-15-7-4-3-5-8-15/h3-5,7-8,11-12H,6,9-10,13H2,1-2H3,(H,21,22). The second kappa shape index (κ2) is 10.2. The fourth-order valence-electron chi connectivity index (χ4n) is 2.15. The van der Waals surface area contributed by atoms with Gasteiger partial charge in [-0.05, 0) is 42.9 Å². The molecule has 6 heteroatoms. The van der Waals surface area contributed by atoms with Crippen molar-refractivity contribution in [2.24, 2.45) is 0 Å². The number of hydrogen-bond acceptors (Lipinski definition) is 4. The van der Waals surface area contributed by atoms with Crippen LogP contribution in [-0.4, -0.2) is 31.1 Å². The van der Waals surface area contributed by atoms with Crippen molar-refractivity contribution in [3.05, 3.63) is 53.1 Å². The Morgan fingerprint density at radius 2 is 2.00 bits per heavy atom. The third kappa shape index (κ3) is 6.52. The Balaban J connectivity index is 1.68. The first-order valence-electron chi connectivity index (χ1n) is 7.99. The Morgan fingerprint density at radius 1 is 1.24 bits per heavy atom. The van der Waals surface area contributed by atoms with Gasteiger partial charge in [-0.1, -0.05) is 29.8 Å². The van der Waals surface area contributed by atoms with E-state index in [2.05, 4.69) is 5.32 Å². The largest absolute Gasteiger partial charge is 0.495 e. The Morgan fingerprint density at radius 3 is 2.72 bits per heavy atom. The molecule has 0 aromatic heterocycles. The summed E-state index contributed by atoms with van der Waals surface area (Å²) in [4.78, 5) is 12.1. The van der Waals surface area contributed by atoms with Gasteiger partial charge >= 0.3 is 0 Å². The zero-order valence-corrected chi connectivity index (χ0v) is 16.0. The van der Waals surface area contributed by atoms with Crippen LogP contribution in [0.15, 0.2) is 42.5 Å². The lowest BCUT2D eigenvalue weighted by atomic mass is 10.2. The van der Waals surface area contributed by atoms with Crippen LogP contribution in [-0.2, 0) is 4.79 Å². The number of amides is 1. The van der Waals surface area contributed by atoms with E-state index in [1.165, 1.54) is 0 Å². The van der Waals surface area contributed by atoms with Crippen molar-refractivity contribution in [1.82, 2.24) is 0 Å². The Bertz CT molecular complexity index is 695. The number of thioether (sulfide) groups is 1. The molecule has 0 aliphatic rings. The zero-order chi connectivity index (χ0) is 18.1. The van der Waals surface area contributed by atoms with Gasteiger partial charge in [0.05, 0.1) is 25.2 Å². The second-order valence-corrected chi connectivity index (χ2v) is 6.93. The summed E-state index contributed by atoms with van der Waals surface area (Å²) < 4.78 is 10.9. The minimum Gasteiger partial charge on any atom is -0.495 e. The normalized spacial score (nSPS) is 10.4. The van der Waals surface area contributed by atoms with Crippen LogP contribution in [0.3, 0.4) is 0 Å². The number of halogens is 1. The molecule has 0 fully saturated rings. The van der Waals surface area contributed by atoms with Crippen LogP contribution in [0.4, 0.5) is 5.69 Å². The highest BCUT2D eigenvalue weighted by Gasteiger charge is 2.10. The monoisotopic (exact) mass is 379 g/mol. The molecular weight excluding hydrogens is 358 g/mol. The number of carbonyl (C=O) groups is 1. The molecule has 0 heterocycles. The number of carbonyl (C=O) groups excluding carboxylic acids is 1. The van der Waals surface area contributed by atoms with Gasteiger partial charge < -0.3 is 14.8 Å². The van der Waals surface area contributed by atoms with E-state index in [-0.39, 0.29) is 5.91 Å². The van der Waals surface area contributed by atoms with Crippen molar-refractivity contribution in [3.8, 4) is 11.5 Å². The number of para-hydroxylation sites is 1. The van der Waals surface area contributed by atoms with Crippen molar-refractivity contribution in [3.63, 3.8) is 0 Å². The van der Waals surface area contributed by atoms with Crippen LogP contribution < -0.4 is 14.8 Å². The van der Waals surface area contributed by atoms with E-state index in [4.69, 9.17) is 21.1 Å². The van der Waals surface area contributed by atoms with Gasteiger partial charge in [-0.3, -0.25) is 4.79 Å². The molecule has 2 aromatic carbocycles. The third-order valence-corrected chi connectivity index (χ3v) is 4.88. The highest BCUT2D eigenvalue weighted by atomic mass is 35.5. The number of aryl methyl sites for hydroxylation is 1. The molecule has 0 saturated heterocycles. The molecule has 0 aliphatic heterocycles. The number of ether oxygens (including phenoxy) is 2. The van der Waals surface area contributed by atoms with Crippen molar-refractivity contribution >= 4 is 35.0 Å². The Hall–Kier alpha value is -1.85. The molecule has 0 unspecified atom stereocenters. The Labute approximate surface area is 157 Å². The van der Waals surface area contributed by atoms with Crippen molar-refractivity contribution in [2.75, 3.05) is 30.5 Å². The average molecular weight is 380 g/mol. The van der Waals surface area contributed by atoms with Crippen molar-refractivity contribution in [1.29, 1.82) is 0 Å². The summed E-state index contributed by atoms with van der Waals surface area (Å²) in [5.74, 6) is 2.61. The predicted molar refractivity (Wildman–Crippen MR) is 105 cm³/mol. The van der Waals surface area contributed by atoms with E-state index in [1.54, 1.807) is 24.9 Å². The van der Waals surface area contributed by atoms with Crippen LogP contribution in [0.1, 0.15) is 12.0 Å². The molecule has 4 nitrogen and oxygen atoms in total. The number of nitrogens with one attached hydrogen (secondary N) is 1. The van der Waals surface area contributed by atoms with E-state index >= 15 is 0 Å². The van der Waals surface area contributed by atoms with Gasteiger partial charge in [0.15, 0.2) is 0 Å². The number of benzene rings is 2. The van der Waals surface area contributed by atoms with Gasteiger partial charge in [0.2, 0.25) is 5.91 Å². The Kier molecular flexibility index (Phi) is 7.95. The minimum atomic E-state index is -0.0611. The van der Waals surface area contributed by atoms with Gasteiger partial charge in [0.25, 0.3) is 0 Å². The quantitative estimate of drug-likeness (QED) is 0.636. The lowest BCUT2D eigenvalue weighted by Crippen LogP contribution is -2.15. The van der Waals surface area contributed by atoms with Crippen LogP contribution in [0.25, 0.3) is 0 Å². The number of rotatable bonds is 9. The maximum Gasteiger partial charge on any atom is 0.234 e. The van der Waals surface area contributed by atoms with E-state index in [0.29, 0.717) is 28.8 Å². The van der Waals surface area contributed by atoms with Gasteiger partial charge in [-0.15, -0.1) is 0 Å². The van der Waals surface area contributed by atoms with Crippen LogP contribution >= 0.6 is 23.4 Å². The zero-order valence-electron chi connectivity index (χ0n) is 14.4. The van der Waals surface area contributed by atoms with Gasteiger partial charge in [-0.2, -0.15) is 11.8 Å². The molecule has 0 atom stereocenters. The summed E-state index contributed by atoms with van der Waals surface area (Å²) in [7, 11) is 1.55. The van der Waals surface area contributed by atoms with E-state index < -0.39 is 0 Å². The van der Waals surface area contributed by atoms with Gasteiger partial charge in [-0.25, -0.2) is 0 Å². The summed E-state index contributed by atoms with van der Waals surface area (Å²) >= 11 is 7.65. The topological polar surface area (TPSA) is 47.6 Å². The highest BCUT2D eigenvalue weighted by Crippen LogP contribution is 2.31. The molecule has 25 heavy (non-hydrogen) atoms. The molecule has 0 saturated carbocycles. The van der Waals surface area contributed by atoms with E-state index in [0.717, 1.165) is 23.5 Å². The highest BCUT2D eigenvalue weighted by molar-refractivity contribution is 7.99. The molecular formula is C19H22ClNO3S. The van der Waals surface area contributed by atoms with Crippen molar-refractivity contribution < 1.29 is 14.3 Å². The maximum atomic E-state index is 12.1. The van der Waals surface area contributed by atoms with Crippen LogP contribution in [0, 0.1) is 6.92 Å². The summed E-state index contributed by atoms with van der Waals surface area (Å²) in [6.07, 6.45) is 0.885. The number of methoxy groups -OCH3 is 1. The lowest BCUT2D eigenvalue weighted by Gasteiger charge is -2.12. The first-order chi connectivity index (χ1) is 12.1. The summed E-state index contributed by atoms with van der Waals surface area (Å²) in [6, 6.07) is 13.2. The van der Waals surface area contributed by atoms with Crippen molar-refractivity contribution in [2.45, 2.75) is 13.3 Å². The summed E-state index contributed by atoms with van der Waals surface area (Å²) in [5.41, 5.74) is 1.53. The number of hydrogen-bond donors (Lipinski definition) is 1. The maximum absolute atomic E-state index is 12.1. The van der Waals surface area contributed by atoms with Crippen LogP contribution in [0.5, 0.6) is 11.5 Å². The summed E-state index contributed by atoms with van der Waals surface area (Å²) in [6.45, 7) is 2.53. The lowest BCUT2D eigenvalue weighted by molar-refractivity contribution is -0.113. The van der Waals surface area contributed by atoms with Gasteiger partial charge in [0.1, 0.15) is 11.5 Å². The summed E-state index contributed by atoms with van der Waals surface area (Å²) in [5, 5.41) is 3.49. The predicted octanol–water partition coefficient (Wildman–Crippen LogP) is 4.80. The fraction of sp³-hybridized carbons (Fsp3) is 0.316. The molecule has 1 amide bonds. The molecule has 0 radical (unpaired) electrons. The molecule has 0 bridgehead atoms. The van der Waals surface area contributed by atoms with Gasteiger partial charge in [0, 0.05) is 11.1 Å². The van der Waals surface area contributed by atoms with Crippen LogP contribution in [0.2, 0.25) is 5.02 Å². The first kappa shape index (κ1) is 19.5. The molecule has 0 spiro atoms. The fourth-order valence-corrected chi connectivity index (χ4v) is 3.03. The molecule has 134 valence electrons. The second-order valence-electron chi connectivity index (χ2n) is 5.42. The molecule has 1 N–H and O–H groups in total. The smallest absolute Gasteiger partial charge is 0.234 e. The SMILES string of the molecule is COc1cc(Cl)c(C)cc1NC(=O)CSCCCOc1ccccc1. The third-order valence-electron chi connectivity index (χ3n) is 3.43. The first-order valence-corrected chi connectivity index (χ1v) is 9.53. The average Bonchev–Trinajstić information content (AvgIpc) is 2.61. The molecule has 2 rings (SSSR count). The van der Waals surface area contributed by atoms with E-state index in [9.17, 15) is 4.79 Å². The van der Waals surface area contributed by atoms with E-state index in [1.807, 2.05) is 43.3 Å².